The highest BCUT2D eigenvalue weighted by molar-refractivity contribution is 7.39. The molecule has 0 aromatic carbocycles. The molecule has 3 heteroatoms. The van der Waals surface area contributed by atoms with E-state index in [1.165, 1.54) is 0 Å². The van der Waals surface area contributed by atoms with E-state index in [2.05, 4.69) is 0 Å². The average molecular weight is 117 g/mol. The molecule has 7 heavy (non-hydrogen) atoms. The molecule has 0 aliphatic heterocycles. The molecule has 0 fully saturated rings. The van der Waals surface area contributed by atoms with Crippen molar-refractivity contribution >= 4 is 8.03 Å². The highest BCUT2D eigenvalue weighted by Gasteiger charge is 2.29. The predicted octanol–water partition coefficient (Wildman–Crippen LogP) is 1.05. The van der Waals surface area contributed by atoms with Crippen LogP contribution < -0.4 is 0 Å². The number of hydrogen-bond donors (Lipinski definition) is 1. The highest BCUT2D eigenvalue weighted by Crippen LogP contribution is 2.31. The van der Waals surface area contributed by atoms with Crippen LogP contribution in [0.3, 0.4) is 0 Å². The first kappa shape index (κ1) is 4.95. The molecule has 0 heterocycles. The van der Waals surface area contributed by atoms with Gasteiger partial charge in [0.1, 0.15) is 0 Å². The van der Waals surface area contributed by atoms with Crippen LogP contribution in [0.25, 0.3) is 0 Å². The SMILES string of the molecule is O=[P+](O)C1C=CC1. The molecule has 0 radical (unpaired) electrons. The predicted molar refractivity (Wildman–Crippen MR) is 27.4 cm³/mol. The lowest BCUT2D eigenvalue weighted by atomic mass is 10.1. The smallest absolute Gasteiger partial charge is 0.160 e. The lowest BCUT2D eigenvalue weighted by molar-refractivity contribution is 0.493. The lowest BCUT2D eigenvalue weighted by Crippen LogP contribution is -2.02. The van der Waals surface area contributed by atoms with Crippen LogP contribution in [0.1, 0.15) is 6.42 Å². The zero-order valence-corrected chi connectivity index (χ0v) is 4.64. The van der Waals surface area contributed by atoms with Crippen molar-refractivity contribution in [2.75, 3.05) is 0 Å². The third kappa shape index (κ3) is 0.872. The van der Waals surface area contributed by atoms with Crippen molar-refractivity contribution < 1.29 is 9.46 Å². The summed E-state index contributed by atoms with van der Waals surface area (Å²) in [6.45, 7) is 0. The lowest BCUT2D eigenvalue weighted by Gasteiger charge is -2.00. The summed E-state index contributed by atoms with van der Waals surface area (Å²) < 4.78 is 10.1. The molecule has 2 unspecified atom stereocenters. The van der Waals surface area contributed by atoms with Crippen molar-refractivity contribution in [3.8, 4) is 0 Å². The summed E-state index contributed by atoms with van der Waals surface area (Å²) in [4.78, 5) is 8.33. The monoisotopic (exact) mass is 117 g/mol. The molecule has 2 atom stereocenters. The maximum atomic E-state index is 10.1. The van der Waals surface area contributed by atoms with E-state index in [1.54, 1.807) is 6.08 Å². The molecule has 0 aromatic heterocycles. The van der Waals surface area contributed by atoms with Crippen molar-refractivity contribution in [2.24, 2.45) is 0 Å². The number of rotatable bonds is 1. The van der Waals surface area contributed by atoms with E-state index in [1.807, 2.05) is 6.08 Å². The Bertz CT molecular complexity index is 119. The molecule has 0 bridgehead atoms. The normalized spacial score (nSPS) is 29.3. The molecule has 0 amide bonds. The van der Waals surface area contributed by atoms with Crippen LogP contribution >= 0.6 is 8.03 Å². The van der Waals surface area contributed by atoms with Gasteiger partial charge in [0, 0.05) is 6.42 Å². The Hall–Kier alpha value is -0.200. The van der Waals surface area contributed by atoms with Gasteiger partial charge in [-0.3, -0.25) is 0 Å². The first-order valence-electron chi connectivity index (χ1n) is 2.12. The number of hydrogen-bond acceptors (Lipinski definition) is 1. The van der Waals surface area contributed by atoms with Gasteiger partial charge in [0.15, 0.2) is 0 Å². The van der Waals surface area contributed by atoms with Crippen LogP contribution in [0.15, 0.2) is 12.2 Å². The van der Waals surface area contributed by atoms with Crippen LogP contribution in [0, 0.1) is 0 Å². The second-order valence-corrected chi connectivity index (χ2v) is 2.80. The summed E-state index contributed by atoms with van der Waals surface area (Å²) >= 11 is 0. The summed E-state index contributed by atoms with van der Waals surface area (Å²) in [7, 11) is -1.91. The van der Waals surface area contributed by atoms with E-state index in [4.69, 9.17) is 4.89 Å². The Morgan fingerprint density at radius 3 is 2.43 bits per heavy atom. The molecule has 0 spiro atoms. The molecular weight excluding hydrogens is 111 g/mol. The molecule has 1 aliphatic rings. The van der Waals surface area contributed by atoms with E-state index < -0.39 is 8.03 Å². The maximum absolute atomic E-state index is 10.1. The van der Waals surface area contributed by atoms with E-state index >= 15 is 0 Å². The summed E-state index contributed by atoms with van der Waals surface area (Å²) in [6, 6.07) is 0. The Balaban J connectivity index is 2.44. The van der Waals surface area contributed by atoms with Gasteiger partial charge in [-0.25, -0.2) is 0 Å². The first-order chi connectivity index (χ1) is 3.30. The fourth-order valence-corrected chi connectivity index (χ4v) is 0.993. The standard InChI is InChI=1S/C4H5O2P/c5-7(6)4-2-1-3-4/h1-2,4H,3H2/p+1. The van der Waals surface area contributed by atoms with Gasteiger partial charge in [-0.2, -0.15) is 4.89 Å². The Labute approximate surface area is 42.7 Å². The Morgan fingerprint density at radius 1 is 1.86 bits per heavy atom. The molecule has 1 aliphatic carbocycles. The van der Waals surface area contributed by atoms with Crippen molar-refractivity contribution in [3.05, 3.63) is 12.2 Å². The molecule has 0 aromatic rings. The molecule has 1 rings (SSSR count). The van der Waals surface area contributed by atoms with Gasteiger partial charge in [-0.15, -0.1) is 0 Å². The minimum absolute atomic E-state index is 0.0324. The topological polar surface area (TPSA) is 37.3 Å². The minimum Gasteiger partial charge on any atom is -0.160 e. The Morgan fingerprint density at radius 2 is 2.43 bits per heavy atom. The quantitative estimate of drug-likeness (QED) is 0.411. The third-order valence-corrected chi connectivity index (χ3v) is 1.97. The Kier molecular flexibility index (Phi) is 1.22. The largest absolute Gasteiger partial charge is 0.513 e. The molecule has 2 nitrogen and oxygen atoms in total. The summed E-state index contributed by atoms with van der Waals surface area (Å²) in [5.41, 5.74) is -0.0324. The fraction of sp³-hybridized carbons (Fsp3) is 0.500. The summed E-state index contributed by atoms with van der Waals surface area (Å²) in [5, 5.41) is 0. The van der Waals surface area contributed by atoms with Crippen molar-refractivity contribution in [1.29, 1.82) is 0 Å². The second-order valence-electron chi connectivity index (χ2n) is 1.53. The zero-order chi connectivity index (χ0) is 5.28. The highest BCUT2D eigenvalue weighted by atomic mass is 31.1. The van der Waals surface area contributed by atoms with E-state index in [9.17, 15) is 4.57 Å². The van der Waals surface area contributed by atoms with E-state index in [-0.39, 0.29) is 5.66 Å². The van der Waals surface area contributed by atoms with Crippen LogP contribution in [0.2, 0.25) is 0 Å². The first-order valence-corrected chi connectivity index (χ1v) is 3.41. The molecule has 0 saturated carbocycles. The van der Waals surface area contributed by atoms with Crippen LogP contribution in [0.5, 0.6) is 0 Å². The number of allylic oxidation sites excluding steroid dienone is 2. The zero-order valence-electron chi connectivity index (χ0n) is 3.74. The van der Waals surface area contributed by atoms with Crippen LogP contribution in [-0.2, 0) is 4.57 Å². The second kappa shape index (κ2) is 1.73. The van der Waals surface area contributed by atoms with E-state index in [0.717, 1.165) is 6.42 Å². The third-order valence-electron chi connectivity index (χ3n) is 1.02. The maximum Gasteiger partial charge on any atom is 0.513 e. The van der Waals surface area contributed by atoms with Gasteiger partial charge in [-0.1, -0.05) is 6.08 Å². The van der Waals surface area contributed by atoms with Crippen molar-refractivity contribution in [3.63, 3.8) is 0 Å². The van der Waals surface area contributed by atoms with Gasteiger partial charge >= 0.3 is 8.03 Å². The van der Waals surface area contributed by atoms with Gasteiger partial charge < -0.3 is 0 Å². The molecule has 1 N–H and O–H groups in total. The minimum atomic E-state index is -1.91. The van der Waals surface area contributed by atoms with Gasteiger partial charge in [-0.05, 0) is 10.6 Å². The van der Waals surface area contributed by atoms with Crippen molar-refractivity contribution in [1.82, 2.24) is 0 Å². The van der Waals surface area contributed by atoms with Gasteiger partial charge in [0.25, 0.3) is 0 Å². The van der Waals surface area contributed by atoms with Gasteiger partial charge in [0.05, 0.1) is 0 Å². The van der Waals surface area contributed by atoms with Gasteiger partial charge in [0.2, 0.25) is 5.66 Å². The molecule has 0 saturated heterocycles. The van der Waals surface area contributed by atoms with E-state index in [0.29, 0.717) is 0 Å². The average Bonchev–Trinajstić information content (AvgIpc) is 1.23. The molecule has 38 valence electrons. The summed E-state index contributed by atoms with van der Waals surface area (Å²) in [6.07, 6.45) is 4.44. The van der Waals surface area contributed by atoms with Crippen LogP contribution in [-0.4, -0.2) is 10.6 Å². The van der Waals surface area contributed by atoms with Crippen molar-refractivity contribution in [2.45, 2.75) is 12.1 Å². The van der Waals surface area contributed by atoms with Crippen LogP contribution in [0.4, 0.5) is 0 Å². The molecular formula is C4H6O2P+. The summed E-state index contributed by atoms with van der Waals surface area (Å²) in [5.74, 6) is 0. The fourth-order valence-electron chi connectivity index (χ4n) is 0.422.